The summed E-state index contributed by atoms with van der Waals surface area (Å²) in [7, 11) is 0. The summed E-state index contributed by atoms with van der Waals surface area (Å²) in [5.41, 5.74) is 0.126. The molecule has 4 heteroatoms. The molecule has 0 atom stereocenters. The fraction of sp³-hybridized carbons (Fsp3) is 0.933. The minimum Gasteiger partial charge on any atom is -0.481 e. The van der Waals surface area contributed by atoms with Crippen molar-refractivity contribution in [3.8, 4) is 0 Å². The minimum atomic E-state index is -0.623. The standard InChI is InChI=1S/C15H26N2O2/c18-14(19)11-15(5-6-15)12-16-7-9-17(10-8-16)13-3-1-2-4-13/h13H,1-12H2,(H,18,19). The summed E-state index contributed by atoms with van der Waals surface area (Å²) >= 11 is 0. The lowest BCUT2D eigenvalue weighted by molar-refractivity contribution is -0.138. The van der Waals surface area contributed by atoms with Crippen molar-refractivity contribution in [1.82, 2.24) is 9.80 Å². The number of nitrogens with zero attached hydrogens (tertiary/aromatic N) is 2. The Bertz CT molecular complexity index is 327. The van der Waals surface area contributed by atoms with E-state index in [2.05, 4.69) is 9.80 Å². The summed E-state index contributed by atoms with van der Waals surface area (Å²) in [4.78, 5) is 16.1. The highest BCUT2D eigenvalue weighted by Gasteiger charge is 2.45. The third-order valence-corrected chi connectivity index (χ3v) is 5.29. The van der Waals surface area contributed by atoms with E-state index in [1.807, 2.05) is 0 Å². The molecular formula is C15H26N2O2. The number of aliphatic carboxylic acids is 1. The largest absolute Gasteiger partial charge is 0.481 e. The first kappa shape index (κ1) is 13.4. The fourth-order valence-corrected chi connectivity index (χ4v) is 3.92. The van der Waals surface area contributed by atoms with E-state index in [-0.39, 0.29) is 5.41 Å². The van der Waals surface area contributed by atoms with Crippen LogP contribution in [0.15, 0.2) is 0 Å². The van der Waals surface area contributed by atoms with Gasteiger partial charge in [-0.15, -0.1) is 0 Å². The average Bonchev–Trinajstić information content (AvgIpc) is 2.93. The molecule has 0 amide bonds. The molecule has 2 aliphatic carbocycles. The van der Waals surface area contributed by atoms with Gasteiger partial charge in [0.05, 0.1) is 6.42 Å². The van der Waals surface area contributed by atoms with E-state index in [0.29, 0.717) is 6.42 Å². The maximum atomic E-state index is 10.9. The van der Waals surface area contributed by atoms with E-state index in [1.54, 1.807) is 0 Å². The van der Waals surface area contributed by atoms with Crippen molar-refractivity contribution in [3.05, 3.63) is 0 Å². The number of carboxylic acid groups (broad SMARTS) is 1. The molecule has 0 spiro atoms. The van der Waals surface area contributed by atoms with Crippen molar-refractivity contribution >= 4 is 5.97 Å². The molecule has 0 aromatic rings. The van der Waals surface area contributed by atoms with Crippen molar-refractivity contribution in [3.63, 3.8) is 0 Å². The Morgan fingerprint density at radius 1 is 1.11 bits per heavy atom. The summed E-state index contributed by atoms with van der Waals surface area (Å²) in [5.74, 6) is -0.623. The van der Waals surface area contributed by atoms with Crippen LogP contribution in [0.5, 0.6) is 0 Å². The van der Waals surface area contributed by atoms with Gasteiger partial charge in [0.2, 0.25) is 0 Å². The van der Waals surface area contributed by atoms with E-state index in [4.69, 9.17) is 5.11 Å². The van der Waals surface area contributed by atoms with Gasteiger partial charge in [0, 0.05) is 38.8 Å². The van der Waals surface area contributed by atoms with Crippen LogP contribution in [0.3, 0.4) is 0 Å². The molecule has 19 heavy (non-hydrogen) atoms. The molecule has 0 radical (unpaired) electrons. The molecule has 3 fully saturated rings. The van der Waals surface area contributed by atoms with Gasteiger partial charge in [0.1, 0.15) is 0 Å². The molecular weight excluding hydrogens is 240 g/mol. The molecule has 4 nitrogen and oxygen atoms in total. The molecule has 3 rings (SSSR count). The van der Waals surface area contributed by atoms with Crippen LogP contribution >= 0.6 is 0 Å². The first-order valence-corrected chi connectivity index (χ1v) is 7.85. The van der Waals surface area contributed by atoms with E-state index >= 15 is 0 Å². The van der Waals surface area contributed by atoms with Crippen LogP contribution in [-0.2, 0) is 4.79 Å². The second-order valence-corrected chi connectivity index (χ2v) is 6.82. The Labute approximate surface area is 115 Å². The third-order valence-electron chi connectivity index (χ3n) is 5.29. The number of piperazine rings is 1. The summed E-state index contributed by atoms with van der Waals surface area (Å²) in [6.45, 7) is 5.66. The third kappa shape index (κ3) is 3.29. The zero-order valence-corrected chi connectivity index (χ0v) is 11.8. The Balaban J connectivity index is 1.44. The molecule has 108 valence electrons. The van der Waals surface area contributed by atoms with Gasteiger partial charge in [-0.05, 0) is 31.1 Å². The smallest absolute Gasteiger partial charge is 0.303 e. The van der Waals surface area contributed by atoms with Crippen LogP contribution in [0.4, 0.5) is 0 Å². The van der Waals surface area contributed by atoms with Gasteiger partial charge in [-0.1, -0.05) is 12.8 Å². The van der Waals surface area contributed by atoms with Crippen LogP contribution < -0.4 is 0 Å². The summed E-state index contributed by atoms with van der Waals surface area (Å²) in [6, 6.07) is 0.844. The molecule has 3 aliphatic rings. The molecule has 0 bridgehead atoms. The van der Waals surface area contributed by atoms with Crippen molar-refractivity contribution < 1.29 is 9.90 Å². The van der Waals surface area contributed by atoms with E-state index in [1.165, 1.54) is 38.8 Å². The van der Waals surface area contributed by atoms with Crippen molar-refractivity contribution in [2.45, 2.75) is 51.0 Å². The highest BCUT2D eigenvalue weighted by Crippen LogP contribution is 2.49. The maximum Gasteiger partial charge on any atom is 0.303 e. The number of hydrogen-bond acceptors (Lipinski definition) is 3. The van der Waals surface area contributed by atoms with Gasteiger partial charge in [0.15, 0.2) is 0 Å². The van der Waals surface area contributed by atoms with E-state index in [9.17, 15) is 4.79 Å². The number of hydrogen-bond donors (Lipinski definition) is 1. The maximum absolute atomic E-state index is 10.9. The molecule has 0 unspecified atom stereocenters. The lowest BCUT2D eigenvalue weighted by atomic mass is 10.0. The highest BCUT2D eigenvalue weighted by molar-refractivity contribution is 5.68. The van der Waals surface area contributed by atoms with Gasteiger partial charge in [-0.2, -0.15) is 0 Å². The molecule has 2 saturated carbocycles. The fourth-order valence-electron chi connectivity index (χ4n) is 3.92. The Hall–Kier alpha value is -0.610. The van der Waals surface area contributed by atoms with Crippen molar-refractivity contribution in [2.24, 2.45) is 5.41 Å². The molecule has 1 saturated heterocycles. The predicted molar refractivity (Wildman–Crippen MR) is 74.2 cm³/mol. The van der Waals surface area contributed by atoms with Crippen LogP contribution in [0.2, 0.25) is 0 Å². The summed E-state index contributed by atoms with van der Waals surface area (Å²) in [5, 5.41) is 8.98. The van der Waals surface area contributed by atoms with E-state index in [0.717, 1.165) is 38.5 Å². The van der Waals surface area contributed by atoms with Crippen molar-refractivity contribution in [1.29, 1.82) is 0 Å². The number of rotatable bonds is 5. The summed E-state index contributed by atoms with van der Waals surface area (Å²) < 4.78 is 0. The molecule has 1 N–H and O–H groups in total. The molecule has 1 heterocycles. The van der Waals surface area contributed by atoms with Gasteiger partial charge in [0.25, 0.3) is 0 Å². The predicted octanol–water partition coefficient (Wildman–Crippen LogP) is 1.80. The second-order valence-electron chi connectivity index (χ2n) is 6.82. The molecule has 1 aliphatic heterocycles. The Morgan fingerprint density at radius 3 is 2.26 bits per heavy atom. The zero-order chi connectivity index (χ0) is 13.3. The van der Waals surface area contributed by atoms with Crippen LogP contribution in [0.25, 0.3) is 0 Å². The monoisotopic (exact) mass is 266 g/mol. The topological polar surface area (TPSA) is 43.8 Å². The first-order valence-electron chi connectivity index (χ1n) is 7.85. The Kier molecular flexibility index (Phi) is 3.81. The van der Waals surface area contributed by atoms with Gasteiger partial charge >= 0.3 is 5.97 Å². The van der Waals surface area contributed by atoms with Gasteiger partial charge in [-0.3, -0.25) is 9.69 Å². The lowest BCUT2D eigenvalue weighted by Crippen LogP contribution is -2.51. The van der Waals surface area contributed by atoms with Gasteiger partial charge in [-0.25, -0.2) is 0 Å². The van der Waals surface area contributed by atoms with Crippen LogP contribution in [0.1, 0.15) is 44.9 Å². The van der Waals surface area contributed by atoms with Gasteiger partial charge < -0.3 is 10.0 Å². The molecule has 0 aromatic carbocycles. The number of carboxylic acids is 1. The first-order chi connectivity index (χ1) is 9.17. The quantitative estimate of drug-likeness (QED) is 0.824. The zero-order valence-electron chi connectivity index (χ0n) is 11.8. The average molecular weight is 266 g/mol. The minimum absolute atomic E-state index is 0.126. The van der Waals surface area contributed by atoms with E-state index < -0.39 is 5.97 Å². The SMILES string of the molecule is O=C(O)CC1(CN2CCN(C3CCCC3)CC2)CC1. The number of carbonyl (C=O) groups is 1. The lowest BCUT2D eigenvalue weighted by Gasteiger charge is -2.39. The highest BCUT2D eigenvalue weighted by atomic mass is 16.4. The normalized spacial score (nSPS) is 28.6. The van der Waals surface area contributed by atoms with Crippen LogP contribution in [0, 0.1) is 5.41 Å². The van der Waals surface area contributed by atoms with Crippen LogP contribution in [-0.4, -0.2) is 59.6 Å². The second kappa shape index (κ2) is 5.41. The Morgan fingerprint density at radius 2 is 1.74 bits per heavy atom. The summed E-state index contributed by atoms with van der Waals surface area (Å²) in [6.07, 6.45) is 8.20. The molecule has 0 aromatic heterocycles. The van der Waals surface area contributed by atoms with Crippen molar-refractivity contribution in [2.75, 3.05) is 32.7 Å².